The lowest BCUT2D eigenvalue weighted by atomic mass is 9.81. The highest BCUT2D eigenvalue weighted by Crippen LogP contribution is 2.45. The average molecular weight is 485 g/mol. The maximum atomic E-state index is 13.0. The van der Waals surface area contributed by atoms with E-state index in [2.05, 4.69) is 48.5 Å². The van der Waals surface area contributed by atoms with Crippen LogP contribution in [0, 0.1) is 11.8 Å². The van der Waals surface area contributed by atoms with Gasteiger partial charge in [0, 0.05) is 0 Å². The van der Waals surface area contributed by atoms with E-state index >= 15 is 0 Å². The van der Waals surface area contributed by atoms with Crippen molar-refractivity contribution in [2.75, 3.05) is 4.90 Å². The number of amides is 2. The molecule has 2 atom stereocenters. The van der Waals surface area contributed by atoms with Gasteiger partial charge in [0.25, 0.3) is 0 Å². The van der Waals surface area contributed by atoms with E-state index in [9.17, 15) is 9.59 Å². The van der Waals surface area contributed by atoms with Crippen molar-refractivity contribution >= 4 is 50.8 Å². The number of imide groups is 1. The molecule has 0 unspecified atom stereocenters. The summed E-state index contributed by atoms with van der Waals surface area (Å²) in [6.07, 6.45) is 3.73. The highest BCUT2D eigenvalue weighted by atomic mass is 32.2. The Bertz CT molecular complexity index is 1290. The zero-order chi connectivity index (χ0) is 23.1. The van der Waals surface area contributed by atoms with Crippen LogP contribution in [-0.4, -0.2) is 16.8 Å². The average Bonchev–Trinajstić information content (AvgIpc) is 3.41. The highest BCUT2D eigenvalue weighted by molar-refractivity contribution is 8.01. The predicted molar refractivity (Wildman–Crippen MR) is 138 cm³/mol. The molecule has 1 aliphatic heterocycles. The van der Waals surface area contributed by atoms with Crippen LogP contribution in [0.1, 0.15) is 42.1 Å². The molecule has 0 radical (unpaired) electrons. The SMILES string of the molecule is O=C1[C@@H]2CCCC[C@H]2C(=O)N1c1ccc2nc(SC(c3ccccc3)c3ccccc3)sc2c1. The molecule has 0 spiro atoms. The number of carbonyl (C=O) groups excluding carboxylic acids is 2. The number of thiazole rings is 1. The largest absolute Gasteiger partial charge is 0.274 e. The summed E-state index contributed by atoms with van der Waals surface area (Å²) in [6.45, 7) is 0. The minimum Gasteiger partial charge on any atom is -0.274 e. The first kappa shape index (κ1) is 21.6. The summed E-state index contributed by atoms with van der Waals surface area (Å²) in [7, 11) is 0. The number of anilines is 1. The maximum Gasteiger partial charge on any atom is 0.237 e. The summed E-state index contributed by atoms with van der Waals surface area (Å²) in [5.74, 6) is -0.327. The first-order chi connectivity index (χ1) is 16.7. The molecule has 170 valence electrons. The van der Waals surface area contributed by atoms with Gasteiger partial charge in [0.15, 0.2) is 4.34 Å². The van der Waals surface area contributed by atoms with Gasteiger partial charge in [-0.05, 0) is 42.2 Å². The Kier molecular flexibility index (Phi) is 5.71. The van der Waals surface area contributed by atoms with E-state index in [0.29, 0.717) is 5.69 Å². The Morgan fingerprint density at radius 3 is 2.00 bits per heavy atom. The Morgan fingerprint density at radius 2 is 1.41 bits per heavy atom. The summed E-state index contributed by atoms with van der Waals surface area (Å²) in [4.78, 5) is 32.4. The van der Waals surface area contributed by atoms with Crippen molar-refractivity contribution in [2.24, 2.45) is 11.8 Å². The molecule has 0 N–H and O–H groups in total. The monoisotopic (exact) mass is 484 g/mol. The quantitative estimate of drug-likeness (QED) is 0.229. The van der Waals surface area contributed by atoms with Crippen LogP contribution in [0.5, 0.6) is 0 Å². The maximum absolute atomic E-state index is 13.0. The van der Waals surface area contributed by atoms with Crippen LogP contribution in [0.25, 0.3) is 10.2 Å². The molecule has 6 heteroatoms. The Hall–Kier alpha value is -2.96. The van der Waals surface area contributed by atoms with Crippen LogP contribution in [0.2, 0.25) is 0 Å². The van der Waals surface area contributed by atoms with Crippen molar-refractivity contribution in [3.63, 3.8) is 0 Å². The molecule has 0 bridgehead atoms. The fraction of sp³-hybridized carbons (Fsp3) is 0.250. The number of nitrogens with zero attached hydrogens (tertiary/aromatic N) is 2. The molecule has 4 nitrogen and oxygen atoms in total. The van der Waals surface area contributed by atoms with Crippen molar-refractivity contribution in [1.82, 2.24) is 4.98 Å². The number of fused-ring (bicyclic) bond motifs is 2. The fourth-order valence-electron chi connectivity index (χ4n) is 5.18. The van der Waals surface area contributed by atoms with E-state index in [1.165, 1.54) is 16.0 Å². The number of rotatable bonds is 5. The number of benzene rings is 3. The molecular formula is C28H24N2O2S2. The van der Waals surface area contributed by atoms with Crippen LogP contribution >= 0.6 is 23.1 Å². The predicted octanol–water partition coefficient (Wildman–Crippen LogP) is 6.86. The van der Waals surface area contributed by atoms with Crippen LogP contribution in [-0.2, 0) is 9.59 Å². The van der Waals surface area contributed by atoms with Gasteiger partial charge in [0.05, 0.1) is 33.0 Å². The van der Waals surface area contributed by atoms with Crippen molar-refractivity contribution < 1.29 is 9.59 Å². The number of hydrogen-bond acceptors (Lipinski definition) is 5. The van der Waals surface area contributed by atoms with Gasteiger partial charge in [-0.15, -0.1) is 11.3 Å². The van der Waals surface area contributed by atoms with E-state index in [4.69, 9.17) is 4.98 Å². The van der Waals surface area contributed by atoms with E-state index in [0.717, 1.165) is 40.2 Å². The van der Waals surface area contributed by atoms with Gasteiger partial charge in [-0.2, -0.15) is 0 Å². The number of hydrogen-bond donors (Lipinski definition) is 0. The van der Waals surface area contributed by atoms with E-state index < -0.39 is 0 Å². The van der Waals surface area contributed by atoms with Crippen LogP contribution < -0.4 is 4.90 Å². The molecule has 2 fully saturated rings. The van der Waals surface area contributed by atoms with Gasteiger partial charge in [0.1, 0.15) is 0 Å². The lowest BCUT2D eigenvalue weighted by Gasteiger charge is -2.19. The first-order valence-corrected chi connectivity index (χ1v) is 13.4. The smallest absolute Gasteiger partial charge is 0.237 e. The minimum atomic E-state index is -0.137. The Balaban J connectivity index is 1.32. The van der Waals surface area contributed by atoms with E-state index in [-0.39, 0.29) is 28.9 Å². The topological polar surface area (TPSA) is 50.3 Å². The van der Waals surface area contributed by atoms with E-state index in [1.54, 1.807) is 23.1 Å². The van der Waals surface area contributed by atoms with Crippen molar-refractivity contribution in [3.8, 4) is 0 Å². The van der Waals surface area contributed by atoms with Gasteiger partial charge >= 0.3 is 0 Å². The number of aromatic nitrogens is 1. The molecule has 2 amide bonds. The third-order valence-corrected chi connectivity index (χ3v) is 9.30. The number of thioether (sulfide) groups is 1. The van der Waals surface area contributed by atoms with Crippen LogP contribution in [0.4, 0.5) is 5.69 Å². The summed E-state index contributed by atoms with van der Waals surface area (Å²) in [6, 6.07) is 26.7. The molecule has 1 saturated heterocycles. The lowest BCUT2D eigenvalue weighted by Crippen LogP contribution is -2.30. The molecule has 2 heterocycles. The molecule has 1 saturated carbocycles. The standard InChI is InChI=1S/C28H24N2O2S2/c31-26-21-13-7-8-14-22(21)27(32)30(26)20-15-16-23-24(17-20)33-28(29-23)34-25(18-9-3-1-4-10-18)19-11-5-2-6-12-19/h1-6,9-12,15-17,21-22,25H,7-8,13-14H2/t21-,22-/m1/s1. The zero-order valence-corrected chi connectivity index (χ0v) is 20.2. The summed E-state index contributed by atoms with van der Waals surface area (Å²) < 4.78 is 1.97. The molecule has 1 aromatic heterocycles. The molecule has 1 aliphatic carbocycles. The van der Waals surface area contributed by atoms with Gasteiger partial charge in [0.2, 0.25) is 11.8 Å². The highest BCUT2D eigenvalue weighted by Gasteiger charge is 2.48. The second kappa shape index (κ2) is 9.01. The first-order valence-electron chi connectivity index (χ1n) is 11.7. The fourth-order valence-corrected chi connectivity index (χ4v) is 7.60. The summed E-state index contributed by atoms with van der Waals surface area (Å²) in [5.41, 5.74) is 4.04. The summed E-state index contributed by atoms with van der Waals surface area (Å²) >= 11 is 3.35. The minimum absolute atomic E-state index is 0.0265. The second-order valence-electron chi connectivity index (χ2n) is 8.96. The molecule has 34 heavy (non-hydrogen) atoms. The van der Waals surface area contributed by atoms with Gasteiger partial charge < -0.3 is 0 Å². The molecule has 6 rings (SSSR count). The Morgan fingerprint density at radius 1 is 0.824 bits per heavy atom. The third-order valence-electron chi connectivity index (χ3n) is 6.88. The number of carbonyl (C=O) groups is 2. The van der Waals surface area contributed by atoms with Crippen LogP contribution in [0.15, 0.2) is 83.2 Å². The van der Waals surface area contributed by atoms with Crippen molar-refractivity contribution in [2.45, 2.75) is 35.3 Å². The third kappa shape index (κ3) is 3.85. The molecule has 4 aromatic rings. The van der Waals surface area contributed by atoms with Crippen molar-refractivity contribution in [3.05, 3.63) is 90.0 Å². The summed E-state index contributed by atoms with van der Waals surface area (Å²) in [5, 5.41) is 0.132. The Labute approximate surface area is 207 Å². The lowest BCUT2D eigenvalue weighted by molar-refractivity contribution is -0.122. The zero-order valence-electron chi connectivity index (χ0n) is 18.6. The van der Waals surface area contributed by atoms with E-state index in [1.807, 2.05) is 30.3 Å². The van der Waals surface area contributed by atoms with Gasteiger partial charge in [-0.3, -0.25) is 14.5 Å². The van der Waals surface area contributed by atoms with Gasteiger partial charge in [-0.1, -0.05) is 85.3 Å². The second-order valence-corrected chi connectivity index (χ2v) is 11.3. The normalized spacial score (nSPS) is 20.3. The molecule has 2 aliphatic rings. The van der Waals surface area contributed by atoms with Crippen molar-refractivity contribution in [1.29, 1.82) is 0 Å². The van der Waals surface area contributed by atoms with Gasteiger partial charge in [-0.25, -0.2) is 4.98 Å². The molecular weight excluding hydrogens is 460 g/mol. The molecule has 3 aromatic carbocycles. The van der Waals surface area contributed by atoms with Crippen LogP contribution in [0.3, 0.4) is 0 Å².